The average Bonchev–Trinajstić information content (AvgIpc) is 2.29. The molecule has 0 amide bonds. The molecule has 0 aliphatic carbocycles. The summed E-state index contributed by atoms with van der Waals surface area (Å²) >= 11 is 0. The van der Waals surface area contributed by atoms with Crippen LogP contribution in [0.1, 0.15) is 10.4 Å². The first-order valence-corrected chi connectivity index (χ1v) is 5.00. The highest BCUT2D eigenvalue weighted by atomic mass is 16.4. The highest BCUT2D eigenvalue weighted by Crippen LogP contribution is 2.06. The Morgan fingerprint density at radius 2 is 2.12 bits per heavy atom. The minimum absolute atomic E-state index is 0.166. The van der Waals surface area contributed by atoms with E-state index in [4.69, 9.17) is 15.9 Å². The third-order valence-corrected chi connectivity index (χ3v) is 2.20. The molecule has 1 atom stereocenters. The molecule has 5 N–H and O–H groups in total. The Morgan fingerprint density at radius 3 is 2.65 bits per heavy atom. The van der Waals surface area contributed by atoms with Crippen molar-refractivity contribution in [2.45, 2.75) is 6.04 Å². The predicted molar refractivity (Wildman–Crippen MR) is 61.7 cm³/mol. The summed E-state index contributed by atoms with van der Waals surface area (Å²) in [5.74, 6) is -1.48. The van der Waals surface area contributed by atoms with E-state index in [9.17, 15) is 9.59 Å². The van der Waals surface area contributed by atoms with Crippen LogP contribution in [-0.4, -0.2) is 41.2 Å². The molecular formula is C11H14N2O4. The maximum absolute atomic E-state index is 11.6. The highest BCUT2D eigenvalue weighted by Gasteiger charge is 2.17. The SMILES string of the molecule is Nc1cccc(C(=O)CNC(CO)C(=O)O)c1. The maximum Gasteiger partial charge on any atom is 0.323 e. The van der Waals surface area contributed by atoms with Crippen LogP contribution >= 0.6 is 0 Å². The molecule has 0 aliphatic rings. The first-order valence-electron chi connectivity index (χ1n) is 5.00. The number of hydrogen-bond donors (Lipinski definition) is 4. The average molecular weight is 238 g/mol. The van der Waals surface area contributed by atoms with Crippen LogP contribution < -0.4 is 11.1 Å². The van der Waals surface area contributed by atoms with Crippen molar-refractivity contribution in [1.82, 2.24) is 5.32 Å². The number of nitrogens with two attached hydrogens (primary N) is 1. The summed E-state index contributed by atoms with van der Waals surface area (Å²) in [6.45, 7) is -0.736. The number of rotatable bonds is 6. The lowest BCUT2D eigenvalue weighted by Gasteiger charge is -2.10. The summed E-state index contributed by atoms with van der Waals surface area (Å²) < 4.78 is 0. The van der Waals surface area contributed by atoms with Gasteiger partial charge in [0.1, 0.15) is 6.04 Å². The van der Waals surface area contributed by atoms with Gasteiger partial charge in [0.05, 0.1) is 13.2 Å². The quantitative estimate of drug-likeness (QED) is 0.392. The zero-order valence-electron chi connectivity index (χ0n) is 9.09. The normalized spacial score (nSPS) is 12.1. The molecule has 0 aliphatic heterocycles. The fourth-order valence-electron chi connectivity index (χ4n) is 1.26. The van der Waals surface area contributed by atoms with Gasteiger partial charge in [0.15, 0.2) is 5.78 Å². The fraction of sp³-hybridized carbons (Fsp3) is 0.273. The minimum atomic E-state index is -1.20. The number of carbonyl (C=O) groups is 2. The van der Waals surface area contributed by atoms with Gasteiger partial charge in [-0.2, -0.15) is 0 Å². The van der Waals surface area contributed by atoms with Gasteiger partial charge in [-0.05, 0) is 12.1 Å². The van der Waals surface area contributed by atoms with E-state index in [2.05, 4.69) is 5.32 Å². The molecule has 1 aromatic rings. The van der Waals surface area contributed by atoms with Gasteiger partial charge in [-0.3, -0.25) is 14.9 Å². The van der Waals surface area contributed by atoms with E-state index in [0.717, 1.165) is 0 Å². The lowest BCUT2D eigenvalue weighted by atomic mass is 10.1. The molecule has 1 aromatic carbocycles. The van der Waals surface area contributed by atoms with Crippen LogP contribution in [0.4, 0.5) is 5.69 Å². The van der Waals surface area contributed by atoms with Gasteiger partial charge in [0.2, 0.25) is 0 Å². The lowest BCUT2D eigenvalue weighted by Crippen LogP contribution is -2.42. The van der Waals surface area contributed by atoms with Crippen LogP contribution in [0.15, 0.2) is 24.3 Å². The van der Waals surface area contributed by atoms with Crippen molar-refractivity contribution in [2.24, 2.45) is 0 Å². The van der Waals surface area contributed by atoms with Crippen molar-refractivity contribution < 1.29 is 19.8 Å². The minimum Gasteiger partial charge on any atom is -0.480 e. The molecule has 92 valence electrons. The standard InChI is InChI=1S/C11H14N2O4/c12-8-3-1-2-7(4-8)10(15)5-13-9(6-14)11(16)17/h1-4,9,13-14H,5-6,12H2,(H,16,17). The summed E-state index contributed by atoms with van der Waals surface area (Å²) in [6.07, 6.45) is 0. The van der Waals surface area contributed by atoms with Crippen molar-refractivity contribution in [3.63, 3.8) is 0 Å². The number of ketones is 1. The molecule has 0 saturated heterocycles. The number of aliphatic hydroxyl groups excluding tert-OH is 1. The van der Waals surface area contributed by atoms with E-state index >= 15 is 0 Å². The summed E-state index contributed by atoms with van der Waals surface area (Å²) in [7, 11) is 0. The van der Waals surface area contributed by atoms with E-state index in [1.807, 2.05) is 0 Å². The van der Waals surface area contributed by atoms with Crippen LogP contribution in [-0.2, 0) is 4.79 Å². The summed E-state index contributed by atoms with van der Waals surface area (Å²) in [5, 5.41) is 19.8. The van der Waals surface area contributed by atoms with E-state index in [-0.39, 0.29) is 12.3 Å². The Bertz CT molecular complexity index is 420. The number of hydrogen-bond acceptors (Lipinski definition) is 5. The Morgan fingerprint density at radius 1 is 1.41 bits per heavy atom. The van der Waals surface area contributed by atoms with Crippen LogP contribution in [0.25, 0.3) is 0 Å². The van der Waals surface area contributed by atoms with Gasteiger partial charge in [0.25, 0.3) is 0 Å². The first kappa shape index (κ1) is 13.1. The van der Waals surface area contributed by atoms with Crippen LogP contribution in [0.2, 0.25) is 0 Å². The van der Waals surface area contributed by atoms with Gasteiger partial charge in [-0.25, -0.2) is 0 Å². The number of nitrogens with one attached hydrogen (secondary N) is 1. The Labute approximate surface area is 98.1 Å². The van der Waals surface area contributed by atoms with E-state index in [1.165, 1.54) is 6.07 Å². The smallest absolute Gasteiger partial charge is 0.323 e. The zero-order valence-corrected chi connectivity index (χ0v) is 9.09. The molecule has 1 unspecified atom stereocenters. The van der Waals surface area contributed by atoms with Gasteiger partial charge in [-0.15, -0.1) is 0 Å². The second-order valence-electron chi connectivity index (χ2n) is 3.50. The largest absolute Gasteiger partial charge is 0.480 e. The number of aliphatic hydroxyl groups is 1. The Balaban J connectivity index is 2.58. The van der Waals surface area contributed by atoms with Crippen molar-refractivity contribution in [2.75, 3.05) is 18.9 Å². The molecule has 0 aromatic heterocycles. The van der Waals surface area contributed by atoms with Crippen molar-refractivity contribution in [3.8, 4) is 0 Å². The molecular weight excluding hydrogens is 224 g/mol. The monoisotopic (exact) mass is 238 g/mol. The molecule has 6 heteroatoms. The predicted octanol–water partition coefficient (Wildman–Crippen LogP) is -0.513. The van der Waals surface area contributed by atoms with Crippen molar-refractivity contribution >= 4 is 17.4 Å². The number of carboxylic acids is 1. The molecule has 0 saturated carbocycles. The number of Topliss-reactive ketones (excluding diaryl/α,β-unsaturated/α-hetero) is 1. The third-order valence-electron chi connectivity index (χ3n) is 2.20. The summed E-state index contributed by atoms with van der Waals surface area (Å²) in [5.41, 5.74) is 6.39. The Kier molecular flexibility index (Phi) is 4.62. The molecule has 0 heterocycles. The number of carbonyl (C=O) groups excluding carboxylic acids is 1. The van der Waals surface area contributed by atoms with Gasteiger partial charge in [0, 0.05) is 11.3 Å². The third kappa shape index (κ3) is 3.86. The molecule has 17 heavy (non-hydrogen) atoms. The van der Waals surface area contributed by atoms with Crippen LogP contribution in [0, 0.1) is 0 Å². The lowest BCUT2D eigenvalue weighted by molar-refractivity contribution is -0.140. The van der Waals surface area contributed by atoms with Gasteiger partial charge in [-0.1, -0.05) is 12.1 Å². The molecule has 0 fully saturated rings. The first-order chi connectivity index (χ1) is 8.04. The van der Waals surface area contributed by atoms with Crippen LogP contribution in [0.3, 0.4) is 0 Å². The topological polar surface area (TPSA) is 113 Å². The number of anilines is 1. The molecule has 0 bridgehead atoms. The van der Waals surface area contributed by atoms with E-state index in [1.54, 1.807) is 18.2 Å². The molecule has 0 radical (unpaired) electrons. The van der Waals surface area contributed by atoms with E-state index < -0.39 is 18.6 Å². The van der Waals surface area contributed by atoms with E-state index in [0.29, 0.717) is 11.3 Å². The fourth-order valence-corrected chi connectivity index (χ4v) is 1.26. The van der Waals surface area contributed by atoms with Crippen molar-refractivity contribution in [1.29, 1.82) is 0 Å². The van der Waals surface area contributed by atoms with Gasteiger partial charge >= 0.3 is 5.97 Å². The van der Waals surface area contributed by atoms with Crippen LogP contribution in [0.5, 0.6) is 0 Å². The Hall–Kier alpha value is -1.92. The van der Waals surface area contributed by atoms with Gasteiger partial charge < -0.3 is 15.9 Å². The highest BCUT2D eigenvalue weighted by molar-refractivity contribution is 5.98. The maximum atomic E-state index is 11.6. The second kappa shape index (κ2) is 5.97. The number of carboxylic acid groups (broad SMARTS) is 1. The summed E-state index contributed by atoms with van der Waals surface area (Å²) in [6, 6.07) is 5.26. The molecule has 6 nitrogen and oxygen atoms in total. The summed E-state index contributed by atoms with van der Waals surface area (Å²) in [4.78, 5) is 22.2. The number of aliphatic carboxylic acids is 1. The second-order valence-corrected chi connectivity index (χ2v) is 3.50. The molecule has 0 spiro atoms. The van der Waals surface area contributed by atoms with Crippen molar-refractivity contribution in [3.05, 3.63) is 29.8 Å². The molecule has 1 rings (SSSR count). The number of nitrogen functional groups attached to an aromatic ring is 1. The number of benzene rings is 1. The zero-order chi connectivity index (χ0) is 12.8.